The standard InChI is InChI=1S/C18H24FNO3/c1-17(2,3)14-7-4-13(5-8-14)6-9-15(21)20-11-10-18(19,12-20)16(22)23/h4-5,7-8H,6,9-12H2,1-3H3,(H,22,23). The number of halogens is 1. The number of aryl methyl sites for hydroxylation is 1. The first-order valence-corrected chi connectivity index (χ1v) is 7.91. The number of rotatable bonds is 4. The van der Waals surface area contributed by atoms with Gasteiger partial charge in [0.25, 0.3) is 0 Å². The summed E-state index contributed by atoms with van der Waals surface area (Å²) >= 11 is 0. The third kappa shape index (κ3) is 4.09. The van der Waals surface area contributed by atoms with Crippen molar-refractivity contribution in [3.05, 3.63) is 35.4 Å². The Balaban J connectivity index is 1.89. The molecule has 5 heteroatoms. The molecule has 1 aliphatic rings. The highest BCUT2D eigenvalue weighted by Crippen LogP contribution is 2.27. The summed E-state index contributed by atoms with van der Waals surface area (Å²) in [6, 6.07) is 8.14. The smallest absolute Gasteiger partial charge is 0.343 e. The quantitative estimate of drug-likeness (QED) is 0.927. The lowest BCUT2D eigenvalue weighted by Gasteiger charge is -2.19. The minimum Gasteiger partial charge on any atom is -0.479 e. The number of benzene rings is 1. The van der Waals surface area contributed by atoms with E-state index in [-0.39, 0.29) is 37.3 Å². The minimum atomic E-state index is -2.29. The molecule has 0 aromatic heterocycles. The Morgan fingerprint density at radius 1 is 1.26 bits per heavy atom. The van der Waals surface area contributed by atoms with Crippen LogP contribution in [0, 0.1) is 0 Å². The van der Waals surface area contributed by atoms with Crippen LogP contribution in [0.2, 0.25) is 0 Å². The molecule has 1 unspecified atom stereocenters. The van der Waals surface area contributed by atoms with Gasteiger partial charge in [-0.15, -0.1) is 0 Å². The Morgan fingerprint density at radius 2 is 1.87 bits per heavy atom. The van der Waals surface area contributed by atoms with Crippen molar-refractivity contribution in [3.8, 4) is 0 Å². The predicted molar refractivity (Wildman–Crippen MR) is 86.1 cm³/mol. The number of amides is 1. The summed E-state index contributed by atoms with van der Waals surface area (Å²) in [6.07, 6.45) is 0.713. The SMILES string of the molecule is CC(C)(C)c1ccc(CCC(=O)N2CCC(F)(C(=O)O)C2)cc1. The van der Waals surface area contributed by atoms with Gasteiger partial charge in [-0.3, -0.25) is 4.79 Å². The predicted octanol–water partition coefficient (Wildman–Crippen LogP) is 2.94. The lowest BCUT2D eigenvalue weighted by molar-refractivity contribution is -0.150. The second-order valence-electron chi connectivity index (χ2n) is 7.28. The number of alkyl halides is 1. The van der Waals surface area contributed by atoms with Gasteiger partial charge in [0.05, 0.1) is 6.54 Å². The normalized spacial score (nSPS) is 21.5. The number of carboxylic acids is 1. The lowest BCUT2D eigenvalue weighted by Crippen LogP contribution is -2.38. The molecule has 0 saturated carbocycles. The van der Waals surface area contributed by atoms with Crippen LogP contribution >= 0.6 is 0 Å². The van der Waals surface area contributed by atoms with Crippen LogP contribution in [0.25, 0.3) is 0 Å². The number of carbonyl (C=O) groups excluding carboxylic acids is 1. The van der Waals surface area contributed by atoms with Crippen molar-refractivity contribution in [3.63, 3.8) is 0 Å². The summed E-state index contributed by atoms with van der Waals surface area (Å²) in [5.41, 5.74) is 0.0842. The first-order chi connectivity index (χ1) is 10.6. The van der Waals surface area contributed by atoms with Gasteiger partial charge in [0.2, 0.25) is 11.6 Å². The van der Waals surface area contributed by atoms with Crippen molar-refractivity contribution in [1.29, 1.82) is 0 Å². The molecular weight excluding hydrogens is 297 g/mol. The van der Waals surface area contributed by atoms with E-state index in [0.717, 1.165) is 5.56 Å². The molecule has 1 aliphatic heterocycles. The zero-order valence-electron chi connectivity index (χ0n) is 13.9. The van der Waals surface area contributed by atoms with Crippen molar-refractivity contribution in [2.24, 2.45) is 0 Å². The third-order valence-electron chi connectivity index (χ3n) is 4.40. The van der Waals surface area contributed by atoms with Gasteiger partial charge >= 0.3 is 5.97 Å². The Labute approximate surface area is 136 Å². The van der Waals surface area contributed by atoms with Crippen LogP contribution in [0.4, 0.5) is 4.39 Å². The highest BCUT2D eigenvalue weighted by molar-refractivity contribution is 5.82. The molecule has 0 bridgehead atoms. The molecule has 1 amide bonds. The molecule has 1 N–H and O–H groups in total. The molecule has 23 heavy (non-hydrogen) atoms. The lowest BCUT2D eigenvalue weighted by atomic mass is 9.86. The molecule has 0 radical (unpaired) electrons. The maximum Gasteiger partial charge on any atom is 0.343 e. The van der Waals surface area contributed by atoms with Crippen molar-refractivity contribution >= 4 is 11.9 Å². The minimum absolute atomic E-state index is 0.0885. The van der Waals surface area contributed by atoms with Crippen LogP contribution < -0.4 is 0 Å². The first-order valence-electron chi connectivity index (χ1n) is 7.91. The summed E-state index contributed by atoms with van der Waals surface area (Å²) in [4.78, 5) is 24.3. The number of hydrogen-bond donors (Lipinski definition) is 1. The maximum atomic E-state index is 14.0. The highest BCUT2D eigenvalue weighted by Gasteiger charge is 2.46. The molecule has 126 valence electrons. The average molecular weight is 321 g/mol. The zero-order valence-corrected chi connectivity index (χ0v) is 13.9. The van der Waals surface area contributed by atoms with Gasteiger partial charge in [0, 0.05) is 19.4 Å². The van der Waals surface area contributed by atoms with Crippen LogP contribution in [-0.2, 0) is 21.4 Å². The second kappa shape index (κ2) is 6.30. The number of aliphatic carboxylic acids is 1. The van der Waals surface area contributed by atoms with Gasteiger partial charge in [-0.2, -0.15) is 0 Å². The molecule has 1 heterocycles. The summed E-state index contributed by atoms with van der Waals surface area (Å²) in [5, 5.41) is 8.86. The Bertz CT molecular complexity index is 591. The molecule has 1 saturated heterocycles. The summed E-state index contributed by atoms with van der Waals surface area (Å²) in [6.45, 7) is 6.26. The average Bonchev–Trinajstić information content (AvgIpc) is 2.88. The largest absolute Gasteiger partial charge is 0.479 e. The van der Waals surface area contributed by atoms with E-state index in [1.165, 1.54) is 10.5 Å². The second-order valence-corrected chi connectivity index (χ2v) is 7.28. The van der Waals surface area contributed by atoms with E-state index < -0.39 is 11.6 Å². The number of nitrogens with zero attached hydrogens (tertiary/aromatic N) is 1. The summed E-state index contributed by atoms with van der Waals surface area (Å²) in [5.74, 6) is -1.67. The van der Waals surface area contributed by atoms with E-state index in [2.05, 4.69) is 32.9 Å². The van der Waals surface area contributed by atoms with E-state index in [1.807, 2.05) is 12.1 Å². The van der Waals surface area contributed by atoms with E-state index >= 15 is 0 Å². The summed E-state index contributed by atoms with van der Waals surface area (Å²) in [7, 11) is 0. The maximum absolute atomic E-state index is 14.0. The van der Waals surface area contributed by atoms with Crippen LogP contribution in [0.3, 0.4) is 0 Å². The van der Waals surface area contributed by atoms with Crippen LogP contribution in [0.1, 0.15) is 44.7 Å². The van der Waals surface area contributed by atoms with Crippen molar-refractivity contribution in [1.82, 2.24) is 4.90 Å². The van der Waals surface area contributed by atoms with Crippen molar-refractivity contribution in [2.75, 3.05) is 13.1 Å². The van der Waals surface area contributed by atoms with Crippen molar-refractivity contribution < 1.29 is 19.1 Å². The van der Waals surface area contributed by atoms with Gasteiger partial charge in [-0.05, 0) is 23.0 Å². The van der Waals surface area contributed by atoms with Crippen LogP contribution in [-0.4, -0.2) is 40.6 Å². The van der Waals surface area contributed by atoms with Gasteiger partial charge in [-0.1, -0.05) is 45.0 Å². The molecule has 1 aromatic carbocycles. The molecule has 1 atom stereocenters. The molecule has 0 aliphatic carbocycles. The fourth-order valence-corrected chi connectivity index (χ4v) is 2.74. The number of hydrogen-bond acceptors (Lipinski definition) is 2. The molecule has 1 aromatic rings. The Kier molecular flexibility index (Phi) is 4.78. The Morgan fingerprint density at radius 3 is 2.35 bits per heavy atom. The fourth-order valence-electron chi connectivity index (χ4n) is 2.74. The van der Waals surface area contributed by atoms with E-state index in [1.54, 1.807) is 0 Å². The van der Waals surface area contributed by atoms with Gasteiger partial charge in [-0.25, -0.2) is 9.18 Å². The van der Waals surface area contributed by atoms with E-state index in [4.69, 9.17) is 5.11 Å². The molecule has 4 nitrogen and oxygen atoms in total. The highest BCUT2D eigenvalue weighted by atomic mass is 19.1. The van der Waals surface area contributed by atoms with Crippen LogP contribution in [0.5, 0.6) is 0 Å². The summed E-state index contributed by atoms with van der Waals surface area (Å²) < 4.78 is 14.0. The molecular formula is C18H24FNO3. The number of carboxylic acid groups (broad SMARTS) is 1. The third-order valence-corrected chi connectivity index (χ3v) is 4.40. The number of likely N-dealkylation sites (tertiary alicyclic amines) is 1. The van der Waals surface area contributed by atoms with E-state index in [9.17, 15) is 14.0 Å². The van der Waals surface area contributed by atoms with Gasteiger partial charge in [0.1, 0.15) is 0 Å². The number of carbonyl (C=O) groups is 2. The molecule has 0 spiro atoms. The van der Waals surface area contributed by atoms with Gasteiger partial charge in [0.15, 0.2) is 0 Å². The van der Waals surface area contributed by atoms with E-state index in [0.29, 0.717) is 6.42 Å². The van der Waals surface area contributed by atoms with Crippen molar-refractivity contribution in [2.45, 2.75) is 51.1 Å². The topological polar surface area (TPSA) is 57.6 Å². The fraction of sp³-hybridized carbons (Fsp3) is 0.556. The molecule has 1 fully saturated rings. The monoisotopic (exact) mass is 321 g/mol. The Hall–Kier alpha value is -1.91. The van der Waals surface area contributed by atoms with Gasteiger partial charge < -0.3 is 10.0 Å². The first kappa shape index (κ1) is 17.4. The zero-order chi connectivity index (χ0) is 17.3. The van der Waals surface area contributed by atoms with Crippen LogP contribution in [0.15, 0.2) is 24.3 Å². The molecule has 2 rings (SSSR count).